The molecule has 4 rings (SSSR count). The number of hydrogen-bond acceptors (Lipinski definition) is 4. The van der Waals surface area contributed by atoms with Crippen molar-refractivity contribution in [3.8, 4) is 5.75 Å². The van der Waals surface area contributed by atoms with Gasteiger partial charge in [-0.25, -0.2) is 4.79 Å². The predicted octanol–water partition coefficient (Wildman–Crippen LogP) is 5.47. The summed E-state index contributed by atoms with van der Waals surface area (Å²) in [6, 6.07) is 26.2. The number of ether oxygens (including phenoxy) is 1. The lowest BCUT2D eigenvalue weighted by Gasteiger charge is -2.25. The Morgan fingerprint density at radius 2 is 1.70 bits per heavy atom. The van der Waals surface area contributed by atoms with Crippen LogP contribution in [0.4, 0.5) is 0 Å². The van der Waals surface area contributed by atoms with Gasteiger partial charge in [-0.15, -0.1) is 0 Å². The summed E-state index contributed by atoms with van der Waals surface area (Å²) in [7, 11) is 0. The van der Waals surface area contributed by atoms with Gasteiger partial charge in [-0.05, 0) is 60.4 Å². The van der Waals surface area contributed by atoms with Crippen LogP contribution < -0.4 is 10.2 Å². The number of carboxylic acid groups (broad SMARTS) is 1. The normalized spacial score (nSPS) is 15.7. The van der Waals surface area contributed by atoms with Crippen LogP contribution in [0.3, 0.4) is 0 Å². The van der Waals surface area contributed by atoms with Gasteiger partial charge in [0.05, 0.1) is 0 Å². The maximum absolute atomic E-state index is 10.9. The minimum Gasteiger partial charge on any atom is -0.482 e. The van der Waals surface area contributed by atoms with Gasteiger partial charge in [-0.2, -0.15) is 0 Å². The van der Waals surface area contributed by atoms with Crippen LogP contribution in [0.15, 0.2) is 90.6 Å². The van der Waals surface area contributed by atoms with E-state index in [0.717, 1.165) is 41.6 Å². The van der Waals surface area contributed by atoms with Crippen LogP contribution in [-0.4, -0.2) is 17.7 Å². The largest absolute Gasteiger partial charge is 0.482 e. The number of hydrogen-bond donors (Lipinski definition) is 2. The highest BCUT2D eigenvalue weighted by Gasteiger charge is 2.21. The first-order valence-corrected chi connectivity index (χ1v) is 11.3. The number of fused-ring (bicyclic) bond motifs is 1. The first kappa shape index (κ1) is 22.6. The molecule has 3 aromatic carbocycles. The van der Waals surface area contributed by atoms with Crippen molar-refractivity contribution in [1.29, 1.82) is 0 Å². The molecular formula is C28H29NO4. The second-order valence-electron chi connectivity index (χ2n) is 8.35. The third kappa shape index (κ3) is 6.02. The van der Waals surface area contributed by atoms with E-state index in [9.17, 15) is 4.79 Å². The SMILES string of the molecule is CC(=CC1CCc2c(cccc2OCC(=O)O)C1)NOC(c1ccccc1)c1ccccc1. The number of carboxylic acids is 1. The highest BCUT2D eigenvalue weighted by Crippen LogP contribution is 2.33. The topological polar surface area (TPSA) is 67.8 Å². The molecule has 2 N–H and O–H groups in total. The van der Waals surface area contributed by atoms with Crippen molar-refractivity contribution in [3.63, 3.8) is 0 Å². The van der Waals surface area contributed by atoms with Gasteiger partial charge in [0.15, 0.2) is 6.61 Å². The number of rotatable bonds is 9. The van der Waals surface area contributed by atoms with E-state index >= 15 is 0 Å². The maximum atomic E-state index is 10.9. The second kappa shape index (κ2) is 10.8. The molecule has 33 heavy (non-hydrogen) atoms. The fourth-order valence-corrected chi connectivity index (χ4v) is 4.34. The summed E-state index contributed by atoms with van der Waals surface area (Å²) in [5, 5.41) is 8.90. The smallest absolute Gasteiger partial charge is 0.341 e. The number of hydroxylamine groups is 1. The van der Waals surface area contributed by atoms with Crippen LogP contribution in [0.25, 0.3) is 0 Å². The number of carbonyl (C=O) groups is 1. The molecule has 1 unspecified atom stereocenters. The molecule has 0 saturated heterocycles. The van der Waals surface area contributed by atoms with E-state index in [1.54, 1.807) is 0 Å². The Bertz CT molecular complexity index is 1060. The van der Waals surface area contributed by atoms with E-state index in [-0.39, 0.29) is 12.7 Å². The molecule has 0 radical (unpaired) electrons. The van der Waals surface area contributed by atoms with Crippen molar-refractivity contribution < 1.29 is 19.5 Å². The van der Waals surface area contributed by atoms with Gasteiger partial charge in [0, 0.05) is 5.70 Å². The Morgan fingerprint density at radius 3 is 2.33 bits per heavy atom. The van der Waals surface area contributed by atoms with Gasteiger partial charge in [-0.1, -0.05) is 78.9 Å². The van der Waals surface area contributed by atoms with E-state index < -0.39 is 5.97 Å². The molecule has 0 spiro atoms. The lowest BCUT2D eigenvalue weighted by molar-refractivity contribution is -0.139. The molecule has 0 bridgehead atoms. The lowest BCUT2D eigenvalue weighted by Crippen LogP contribution is -2.20. The van der Waals surface area contributed by atoms with Gasteiger partial charge in [0.25, 0.3) is 0 Å². The standard InChI is InChI=1S/C28H29NO4/c1-20(29-33-28(22-9-4-2-5-10-22)23-11-6-3-7-12-23)17-21-15-16-25-24(18-21)13-8-14-26(25)32-19-27(30)31/h2-14,17,21,28-29H,15-16,18-19H2,1H3,(H,30,31). The van der Waals surface area contributed by atoms with Crippen molar-refractivity contribution in [2.75, 3.05) is 6.61 Å². The molecule has 1 aliphatic rings. The van der Waals surface area contributed by atoms with E-state index in [2.05, 4.69) is 41.9 Å². The molecule has 5 heteroatoms. The van der Waals surface area contributed by atoms with Crippen LogP contribution in [0.5, 0.6) is 5.75 Å². The molecule has 0 aromatic heterocycles. The molecule has 3 aromatic rings. The van der Waals surface area contributed by atoms with Gasteiger partial charge >= 0.3 is 5.97 Å². The number of benzene rings is 3. The Labute approximate surface area is 194 Å². The third-order valence-corrected chi connectivity index (χ3v) is 5.86. The number of aliphatic carboxylic acids is 1. The zero-order valence-electron chi connectivity index (χ0n) is 18.7. The Kier molecular flexibility index (Phi) is 7.43. The summed E-state index contributed by atoms with van der Waals surface area (Å²) in [6.07, 6.45) is 4.73. The zero-order chi connectivity index (χ0) is 23.0. The molecule has 0 heterocycles. The van der Waals surface area contributed by atoms with Crippen molar-refractivity contribution in [1.82, 2.24) is 5.48 Å². The van der Waals surface area contributed by atoms with Crippen LogP contribution >= 0.6 is 0 Å². The van der Waals surface area contributed by atoms with E-state index in [1.165, 1.54) is 5.56 Å². The number of nitrogens with one attached hydrogen (secondary N) is 1. The summed E-state index contributed by atoms with van der Waals surface area (Å²) in [6.45, 7) is 1.71. The van der Waals surface area contributed by atoms with Gasteiger partial charge < -0.3 is 9.84 Å². The van der Waals surface area contributed by atoms with Crippen molar-refractivity contribution in [2.24, 2.45) is 5.92 Å². The summed E-state index contributed by atoms with van der Waals surface area (Å²) < 4.78 is 5.48. The molecule has 0 saturated carbocycles. The third-order valence-electron chi connectivity index (χ3n) is 5.86. The Hall–Kier alpha value is -3.57. The highest BCUT2D eigenvalue weighted by atomic mass is 16.7. The van der Waals surface area contributed by atoms with E-state index in [1.807, 2.05) is 55.5 Å². The van der Waals surface area contributed by atoms with Gasteiger partial charge in [0.1, 0.15) is 11.9 Å². The van der Waals surface area contributed by atoms with Crippen LogP contribution in [0.1, 0.15) is 41.7 Å². The summed E-state index contributed by atoms with van der Waals surface area (Å²) in [4.78, 5) is 17.0. The lowest BCUT2D eigenvalue weighted by atomic mass is 9.83. The summed E-state index contributed by atoms with van der Waals surface area (Å²) >= 11 is 0. The minimum absolute atomic E-state index is 0.211. The van der Waals surface area contributed by atoms with Crippen LogP contribution in [0.2, 0.25) is 0 Å². The van der Waals surface area contributed by atoms with Crippen molar-refractivity contribution in [2.45, 2.75) is 32.3 Å². The van der Waals surface area contributed by atoms with Crippen LogP contribution in [-0.2, 0) is 22.5 Å². The molecule has 1 aliphatic carbocycles. The Morgan fingerprint density at radius 1 is 1.03 bits per heavy atom. The van der Waals surface area contributed by atoms with Crippen molar-refractivity contribution >= 4 is 5.97 Å². The molecular weight excluding hydrogens is 414 g/mol. The molecule has 0 aliphatic heterocycles. The Balaban J connectivity index is 1.42. The minimum atomic E-state index is -0.963. The quantitative estimate of drug-likeness (QED) is 0.429. The summed E-state index contributed by atoms with van der Waals surface area (Å²) in [5.41, 5.74) is 8.65. The molecule has 170 valence electrons. The second-order valence-corrected chi connectivity index (χ2v) is 8.35. The average molecular weight is 444 g/mol. The molecule has 5 nitrogen and oxygen atoms in total. The first-order valence-electron chi connectivity index (χ1n) is 11.3. The summed E-state index contributed by atoms with van der Waals surface area (Å²) in [5.74, 6) is 0.0922. The average Bonchev–Trinajstić information content (AvgIpc) is 2.84. The van der Waals surface area contributed by atoms with E-state index in [0.29, 0.717) is 11.7 Å². The monoisotopic (exact) mass is 443 g/mol. The van der Waals surface area contributed by atoms with Gasteiger partial charge in [-0.3, -0.25) is 10.3 Å². The first-order chi connectivity index (χ1) is 16.1. The molecule has 1 atom stereocenters. The highest BCUT2D eigenvalue weighted by molar-refractivity contribution is 5.68. The van der Waals surface area contributed by atoms with Crippen LogP contribution in [0, 0.1) is 5.92 Å². The van der Waals surface area contributed by atoms with Gasteiger partial charge in [0.2, 0.25) is 0 Å². The maximum Gasteiger partial charge on any atom is 0.341 e. The predicted molar refractivity (Wildman–Crippen MR) is 128 cm³/mol. The number of allylic oxidation sites excluding steroid dienone is 2. The molecule has 0 amide bonds. The fourth-order valence-electron chi connectivity index (χ4n) is 4.34. The fraction of sp³-hybridized carbons (Fsp3) is 0.250. The zero-order valence-corrected chi connectivity index (χ0v) is 18.7. The van der Waals surface area contributed by atoms with Crippen molar-refractivity contribution in [3.05, 3.63) is 113 Å². The molecule has 0 fully saturated rings. The van der Waals surface area contributed by atoms with E-state index in [4.69, 9.17) is 14.7 Å².